The van der Waals surface area contributed by atoms with E-state index in [1.807, 2.05) is 0 Å². The van der Waals surface area contributed by atoms with Crippen LogP contribution in [0.2, 0.25) is 0 Å². The summed E-state index contributed by atoms with van der Waals surface area (Å²) in [5, 5.41) is 13.5. The first kappa shape index (κ1) is 25.8. The molecule has 1 aromatic carbocycles. The molecule has 2 aromatic heterocycles. The van der Waals surface area contributed by atoms with Crippen molar-refractivity contribution in [2.24, 2.45) is 0 Å². The molecule has 38 heavy (non-hydrogen) atoms. The van der Waals surface area contributed by atoms with Crippen LogP contribution < -0.4 is 20.9 Å². The lowest BCUT2D eigenvalue weighted by atomic mass is 10.1. The van der Waals surface area contributed by atoms with Gasteiger partial charge in [-0.15, -0.1) is 5.10 Å². The van der Waals surface area contributed by atoms with E-state index in [-0.39, 0.29) is 23.3 Å². The highest BCUT2D eigenvalue weighted by Crippen LogP contribution is 2.38. The smallest absolute Gasteiger partial charge is 0.368 e. The van der Waals surface area contributed by atoms with Crippen molar-refractivity contribution in [3.63, 3.8) is 0 Å². The summed E-state index contributed by atoms with van der Waals surface area (Å²) < 4.78 is 43.4. The van der Waals surface area contributed by atoms with Crippen molar-refractivity contribution in [1.82, 2.24) is 24.8 Å². The standard InChI is InChI=1S/C25H29F3N8O2/c1-16(37)34-9-11-35(12-10-34)18-4-5-20(19(13-18)25(26,27)28)32-24(38)21-15-30-23-7-6-22(33-36(21)23)31-17-3-2-8-29-14-17/h4-7,13,15,17,29H,2-3,8-12,14H2,1H3,(H,31,33)(H,32,38)/t17-/m1/s1. The number of imidazole rings is 1. The lowest BCUT2D eigenvalue weighted by molar-refractivity contribution is -0.136. The van der Waals surface area contributed by atoms with Gasteiger partial charge in [0, 0.05) is 51.4 Å². The van der Waals surface area contributed by atoms with Crippen molar-refractivity contribution in [3.8, 4) is 0 Å². The quantitative estimate of drug-likeness (QED) is 0.466. The average Bonchev–Trinajstić information content (AvgIpc) is 3.32. The van der Waals surface area contributed by atoms with Crippen LogP contribution in [0, 0.1) is 0 Å². The number of carbonyl (C=O) groups is 2. The van der Waals surface area contributed by atoms with E-state index in [1.54, 1.807) is 28.0 Å². The Morgan fingerprint density at radius 2 is 1.89 bits per heavy atom. The summed E-state index contributed by atoms with van der Waals surface area (Å²) in [5.41, 5.74) is -0.512. The molecule has 0 spiro atoms. The summed E-state index contributed by atoms with van der Waals surface area (Å²) in [6.07, 6.45) is -1.39. The fourth-order valence-electron chi connectivity index (χ4n) is 4.83. The Balaban J connectivity index is 1.36. The number of alkyl halides is 3. The number of hydrogen-bond acceptors (Lipinski definition) is 7. The fraction of sp³-hybridized carbons (Fsp3) is 0.440. The predicted molar refractivity (Wildman–Crippen MR) is 136 cm³/mol. The number of rotatable bonds is 5. The van der Waals surface area contributed by atoms with Crippen molar-refractivity contribution in [2.45, 2.75) is 32.0 Å². The molecule has 2 fully saturated rings. The molecule has 1 atom stereocenters. The van der Waals surface area contributed by atoms with Crippen molar-refractivity contribution in [1.29, 1.82) is 0 Å². The van der Waals surface area contributed by atoms with Gasteiger partial charge >= 0.3 is 6.18 Å². The van der Waals surface area contributed by atoms with Crippen LogP contribution >= 0.6 is 0 Å². The number of fused-ring (bicyclic) bond motifs is 1. The molecule has 3 N–H and O–H groups in total. The Morgan fingerprint density at radius 3 is 2.58 bits per heavy atom. The van der Waals surface area contributed by atoms with Gasteiger partial charge in [0.15, 0.2) is 11.3 Å². The first-order valence-corrected chi connectivity index (χ1v) is 12.5. The van der Waals surface area contributed by atoms with Gasteiger partial charge in [0.05, 0.1) is 17.4 Å². The summed E-state index contributed by atoms with van der Waals surface area (Å²) in [4.78, 5) is 32.3. The minimum atomic E-state index is -4.69. The molecule has 13 heteroatoms. The highest BCUT2D eigenvalue weighted by Gasteiger charge is 2.35. The summed E-state index contributed by atoms with van der Waals surface area (Å²) >= 11 is 0. The number of hydrogen-bond donors (Lipinski definition) is 3. The van der Waals surface area contributed by atoms with Gasteiger partial charge in [-0.2, -0.15) is 13.2 Å². The molecule has 2 saturated heterocycles. The summed E-state index contributed by atoms with van der Waals surface area (Å²) in [5.74, 6) is -0.271. The van der Waals surface area contributed by atoms with Gasteiger partial charge in [0.25, 0.3) is 5.91 Å². The van der Waals surface area contributed by atoms with Crippen LogP contribution in [0.1, 0.15) is 35.8 Å². The number of piperazine rings is 1. The molecule has 2 aliphatic rings. The van der Waals surface area contributed by atoms with Crippen molar-refractivity contribution < 1.29 is 22.8 Å². The molecule has 2 amide bonds. The highest BCUT2D eigenvalue weighted by atomic mass is 19.4. The number of nitrogens with zero attached hydrogens (tertiary/aromatic N) is 5. The molecule has 0 radical (unpaired) electrons. The third-order valence-electron chi connectivity index (χ3n) is 6.89. The minimum absolute atomic E-state index is 0.0166. The molecule has 202 valence electrons. The molecular formula is C25H29F3N8O2. The van der Waals surface area contributed by atoms with E-state index >= 15 is 0 Å². The number of nitrogens with one attached hydrogen (secondary N) is 3. The number of aromatic nitrogens is 3. The number of piperidine rings is 1. The zero-order valence-corrected chi connectivity index (χ0v) is 20.9. The zero-order valence-electron chi connectivity index (χ0n) is 20.9. The Morgan fingerprint density at radius 1 is 1.11 bits per heavy atom. The van der Waals surface area contributed by atoms with Crippen LogP contribution in [0.4, 0.5) is 30.4 Å². The van der Waals surface area contributed by atoms with Crippen LogP contribution in [-0.4, -0.2) is 76.6 Å². The average molecular weight is 531 g/mol. The van der Waals surface area contributed by atoms with Crippen LogP contribution in [0.25, 0.3) is 5.65 Å². The van der Waals surface area contributed by atoms with Crippen LogP contribution in [0.3, 0.4) is 0 Å². The van der Waals surface area contributed by atoms with E-state index in [4.69, 9.17) is 0 Å². The van der Waals surface area contributed by atoms with Crippen molar-refractivity contribution in [3.05, 3.63) is 47.8 Å². The Kier molecular flexibility index (Phi) is 7.11. The first-order chi connectivity index (χ1) is 18.2. The number of amides is 2. The van der Waals surface area contributed by atoms with Gasteiger partial charge in [-0.05, 0) is 49.7 Å². The third kappa shape index (κ3) is 5.52. The second-order valence-corrected chi connectivity index (χ2v) is 9.49. The number of carbonyl (C=O) groups excluding carboxylic acids is 2. The summed E-state index contributed by atoms with van der Waals surface area (Å²) in [6, 6.07) is 7.48. The van der Waals surface area contributed by atoms with E-state index < -0.39 is 17.6 Å². The topological polar surface area (TPSA) is 107 Å². The molecular weight excluding hydrogens is 501 g/mol. The van der Waals surface area contributed by atoms with Gasteiger partial charge in [-0.1, -0.05) is 0 Å². The lowest BCUT2D eigenvalue weighted by Crippen LogP contribution is -2.48. The zero-order chi connectivity index (χ0) is 26.9. The first-order valence-electron chi connectivity index (χ1n) is 12.5. The highest BCUT2D eigenvalue weighted by molar-refractivity contribution is 6.04. The summed E-state index contributed by atoms with van der Waals surface area (Å²) in [6.45, 7) is 4.94. The number of benzene rings is 1. The van der Waals surface area contributed by atoms with Crippen LogP contribution in [-0.2, 0) is 11.0 Å². The van der Waals surface area contributed by atoms with E-state index in [0.29, 0.717) is 43.3 Å². The number of halogens is 3. The van der Waals surface area contributed by atoms with Crippen molar-refractivity contribution in [2.75, 3.05) is 54.8 Å². The van der Waals surface area contributed by atoms with Crippen molar-refractivity contribution >= 4 is 34.7 Å². The van der Waals surface area contributed by atoms with E-state index in [0.717, 1.165) is 32.0 Å². The maximum Gasteiger partial charge on any atom is 0.418 e. The second-order valence-electron chi connectivity index (χ2n) is 9.49. The van der Waals surface area contributed by atoms with Gasteiger partial charge in [0.1, 0.15) is 5.82 Å². The monoisotopic (exact) mass is 530 g/mol. The lowest BCUT2D eigenvalue weighted by Gasteiger charge is -2.36. The molecule has 3 aromatic rings. The fourth-order valence-corrected chi connectivity index (χ4v) is 4.83. The number of anilines is 3. The molecule has 0 bridgehead atoms. The molecule has 10 nitrogen and oxygen atoms in total. The summed E-state index contributed by atoms with van der Waals surface area (Å²) in [7, 11) is 0. The van der Waals surface area contributed by atoms with E-state index in [1.165, 1.54) is 23.7 Å². The van der Waals surface area contributed by atoms with Crippen LogP contribution in [0.15, 0.2) is 36.5 Å². The maximum atomic E-state index is 14.0. The largest absolute Gasteiger partial charge is 0.418 e. The third-order valence-corrected chi connectivity index (χ3v) is 6.89. The molecule has 0 aliphatic carbocycles. The van der Waals surface area contributed by atoms with Gasteiger partial charge in [0.2, 0.25) is 5.91 Å². The van der Waals surface area contributed by atoms with Gasteiger partial charge in [-0.25, -0.2) is 9.50 Å². The SMILES string of the molecule is CC(=O)N1CCN(c2ccc(NC(=O)c3cnc4ccc(N[C@@H]5CCCNC5)nn34)c(C(F)(F)F)c2)CC1. The second kappa shape index (κ2) is 10.5. The Labute approximate surface area is 217 Å². The predicted octanol–water partition coefficient (Wildman–Crippen LogP) is 2.83. The van der Waals surface area contributed by atoms with Crippen LogP contribution in [0.5, 0.6) is 0 Å². The molecule has 5 rings (SSSR count). The molecule has 0 saturated carbocycles. The molecule has 4 heterocycles. The maximum absolute atomic E-state index is 14.0. The molecule has 0 unspecified atom stereocenters. The van der Waals surface area contributed by atoms with Gasteiger partial charge < -0.3 is 25.8 Å². The van der Waals surface area contributed by atoms with E-state index in [9.17, 15) is 22.8 Å². The Hall–Kier alpha value is -3.87. The minimum Gasteiger partial charge on any atom is -0.368 e. The van der Waals surface area contributed by atoms with Gasteiger partial charge in [-0.3, -0.25) is 9.59 Å². The normalized spacial score (nSPS) is 18.5. The Bertz CT molecular complexity index is 1330. The molecule has 2 aliphatic heterocycles. The van der Waals surface area contributed by atoms with E-state index in [2.05, 4.69) is 26.0 Å².